The number of fused-ring (bicyclic) bond motifs is 1. The van der Waals surface area contributed by atoms with E-state index < -0.39 is 0 Å². The number of hydrogen-bond acceptors (Lipinski definition) is 5. The number of imidazole rings is 1. The quantitative estimate of drug-likeness (QED) is 0.624. The van der Waals surface area contributed by atoms with E-state index in [0.717, 1.165) is 17.1 Å². The molecule has 1 aromatic carbocycles. The first-order valence-corrected chi connectivity index (χ1v) is 7.69. The first-order chi connectivity index (χ1) is 12.1. The lowest BCUT2D eigenvalue weighted by atomic mass is 10.1. The molecule has 0 aliphatic heterocycles. The van der Waals surface area contributed by atoms with E-state index in [-0.39, 0.29) is 17.3 Å². The number of methoxy groups -OCH3 is 2. The second-order valence-corrected chi connectivity index (χ2v) is 5.36. The molecule has 3 aromatic rings. The van der Waals surface area contributed by atoms with E-state index in [2.05, 4.69) is 20.3 Å². The molecule has 0 bridgehead atoms. The van der Waals surface area contributed by atoms with Gasteiger partial charge in [-0.3, -0.25) is 9.78 Å². The molecular weight excluding hydrogens is 324 g/mol. The molecule has 0 radical (unpaired) electrons. The van der Waals surface area contributed by atoms with Crippen molar-refractivity contribution >= 4 is 17.1 Å². The maximum atomic E-state index is 12.2. The number of nitrogens with one attached hydrogen (secondary N) is 3. The molecular formula is C17H18N4O4. The largest absolute Gasteiger partial charge is 0.497 e. The molecule has 3 rings (SSSR count). The van der Waals surface area contributed by atoms with Gasteiger partial charge in [-0.25, -0.2) is 9.78 Å². The second kappa shape index (κ2) is 7.08. The molecule has 0 aliphatic rings. The average molecular weight is 342 g/mol. The van der Waals surface area contributed by atoms with Gasteiger partial charge >= 0.3 is 5.69 Å². The third-order valence-corrected chi connectivity index (χ3v) is 3.78. The highest BCUT2D eigenvalue weighted by Crippen LogP contribution is 2.24. The Morgan fingerprint density at radius 2 is 2.00 bits per heavy atom. The van der Waals surface area contributed by atoms with Gasteiger partial charge in [0, 0.05) is 6.54 Å². The summed E-state index contributed by atoms with van der Waals surface area (Å²) in [5.41, 5.74) is 1.72. The zero-order valence-corrected chi connectivity index (χ0v) is 13.9. The van der Waals surface area contributed by atoms with Gasteiger partial charge in [-0.05, 0) is 42.3 Å². The monoisotopic (exact) mass is 342 g/mol. The van der Waals surface area contributed by atoms with Crippen molar-refractivity contribution in [3.05, 3.63) is 52.1 Å². The van der Waals surface area contributed by atoms with Gasteiger partial charge in [0.15, 0.2) is 5.65 Å². The van der Waals surface area contributed by atoms with Crippen molar-refractivity contribution in [3.63, 3.8) is 0 Å². The summed E-state index contributed by atoms with van der Waals surface area (Å²) in [6, 6.07) is 8.72. The number of amides is 1. The number of carbonyl (C=O) groups is 1. The second-order valence-electron chi connectivity index (χ2n) is 5.36. The maximum absolute atomic E-state index is 12.2. The average Bonchev–Trinajstić information content (AvgIpc) is 3.00. The maximum Gasteiger partial charge on any atom is 0.325 e. The van der Waals surface area contributed by atoms with E-state index in [1.807, 2.05) is 18.2 Å². The van der Waals surface area contributed by atoms with Gasteiger partial charge in [0.2, 0.25) is 0 Å². The Bertz CT molecular complexity index is 961. The molecule has 0 aliphatic carbocycles. The third kappa shape index (κ3) is 3.63. The van der Waals surface area contributed by atoms with E-state index in [0.29, 0.717) is 24.1 Å². The standard InChI is InChI=1S/C17H18N4O4/c1-24-11-3-6-14(25-2)10(9-11)7-8-18-16(22)13-5-4-12-15(19-13)21-17(23)20-12/h3-6,9H,7-8H2,1-2H3,(H,18,22)(H2,19,20,21,23). The Balaban J connectivity index is 1.66. The van der Waals surface area contributed by atoms with Crippen LogP contribution in [0.1, 0.15) is 16.1 Å². The van der Waals surface area contributed by atoms with E-state index in [1.165, 1.54) is 0 Å². The van der Waals surface area contributed by atoms with Crippen molar-refractivity contribution in [1.82, 2.24) is 20.3 Å². The van der Waals surface area contributed by atoms with Crippen LogP contribution in [-0.2, 0) is 6.42 Å². The molecule has 0 fully saturated rings. The summed E-state index contributed by atoms with van der Waals surface area (Å²) in [4.78, 5) is 32.7. The Kier molecular flexibility index (Phi) is 4.69. The number of aromatic nitrogens is 3. The van der Waals surface area contributed by atoms with Crippen LogP contribution in [0.2, 0.25) is 0 Å². The Morgan fingerprint density at radius 3 is 2.76 bits per heavy atom. The fraction of sp³-hybridized carbons (Fsp3) is 0.235. The number of ether oxygens (including phenoxy) is 2. The molecule has 2 heterocycles. The van der Waals surface area contributed by atoms with Crippen molar-refractivity contribution in [1.29, 1.82) is 0 Å². The molecule has 3 N–H and O–H groups in total. The highest BCUT2D eigenvalue weighted by molar-refractivity contribution is 5.93. The number of aromatic amines is 2. The van der Waals surface area contributed by atoms with Gasteiger partial charge in [0.1, 0.15) is 17.2 Å². The first kappa shape index (κ1) is 16.6. The van der Waals surface area contributed by atoms with Crippen molar-refractivity contribution in [3.8, 4) is 11.5 Å². The summed E-state index contributed by atoms with van der Waals surface area (Å²) in [7, 11) is 3.20. The van der Waals surface area contributed by atoms with Crippen molar-refractivity contribution < 1.29 is 14.3 Å². The zero-order chi connectivity index (χ0) is 17.8. The van der Waals surface area contributed by atoms with Gasteiger partial charge in [-0.15, -0.1) is 0 Å². The number of rotatable bonds is 6. The van der Waals surface area contributed by atoms with Crippen LogP contribution in [0, 0.1) is 0 Å². The van der Waals surface area contributed by atoms with E-state index >= 15 is 0 Å². The van der Waals surface area contributed by atoms with E-state index in [1.54, 1.807) is 26.4 Å². The zero-order valence-electron chi connectivity index (χ0n) is 13.9. The molecule has 0 spiro atoms. The van der Waals surface area contributed by atoms with Crippen LogP contribution in [0.15, 0.2) is 35.1 Å². The molecule has 0 unspecified atom stereocenters. The summed E-state index contributed by atoms with van der Waals surface area (Å²) in [6.07, 6.45) is 0.579. The molecule has 8 heteroatoms. The number of nitrogens with zero attached hydrogens (tertiary/aromatic N) is 1. The van der Waals surface area contributed by atoms with Gasteiger partial charge in [-0.1, -0.05) is 0 Å². The molecule has 0 saturated heterocycles. The molecule has 130 valence electrons. The summed E-state index contributed by atoms with van der Waals surface area (Å²) in [6.45, 7) is 0.408. The van der Waals surface area contributed by atoms with Gasteiger partial charge < -0.3 is 19.8 Å². The van der Waals surface area contributed by atoms with Crippen LogP contribution in [0.25, 0.3) is 11.2 Å². The summed E-state index contributed by atoms with van der Waals surface area (Å²) in [5.74, 6) is 1.15. The summed E-state index contributed by atoms with van der Waals surface area (Å²) in [5, 5.41) is 2.81. The minimum Gasteiger partial charge on any atom is -0.497 e. The van der Waals surface area contributed by atoms with Crippen molar-refractivity contribution in [2.24, 2.45) is 0 Å². The fourth-order valence-electron chi connectivity index (χ4n) is 2.52. The lowest BCUT2D eigenvalue weighted by Gasteiger charge is -2.11. The van der Waals surface area contributed by atoms with Crippen LogP contribution in [0.4, 0.5) is 0 Å². The predicted octanol–water partition coefficient (Wildman–Crippen LogP) is 1.24. The van der Waals surface area contributed by atoms with Crippen molar-refractivity contribution in [2.75, 3.05) is 20.8 Å². The van der Waals surface area contributed by atoms with Gasteiger partial charge in [0.05, 0.1) is 19.7 Å². The minimum absolute atomic E-state index is 0.236. The Labute approximate surface area is 143 Å². The predicted molar refractivity (Wildman–Crippen MR) is 92.3 cm³/mol. The number of benzene rings is 1. The number of pyridine rings is 1. The number of hydrogen-bond donors (Lipinski definition) is 3. The molecule has 2 aromatic heterocycles. The first-order valence-electron chi connectivity index (χ1n) is 7.69. The Morgan fingerprint density at radius 1 is 1.16 bits per heavy atom. The number of carbonyl (C=O) groups excluding carboxylic acids is 1. The molecule has 0 atom stereocenters. The van der Waals surface area contributed by atoms with Crippen LogP contribution < -0.4 is 20.5 Å². The highest BCUT2D eigenvalue weighted by atomic mass is 16.5. The lowest BCUT2D eigenvalue weighted by Crippen LogP contribution is -2.26. The fourth-order valence-corrected chi connectivity index (χ4v) is 2.52. The molecule has 1 amide bonds. The third-order valence-electron chi connectivity index (χ3n) is 3.78. The minimum atomic E-state index is -0.356. The van der Waals surface area contributed by atoms with Crippen LogP contribution in [0.5, 0.6) is 11.5 Å². The van der Waals surface area contributed by atoms with Crippen LogP contribution in [-0.4, -0.2) is 41.6 Å². The topological polar surface area (TPSA) is 109 Å². The SMILES string of the molecule is COc1ccc(OC)c(CCNC(=O)c2ccc3[nH]c(=O)[nH]c3n2)c1. The Hall–Kier alpha value is -3.29. The van der Waals surface area contributed by atoms with E-state index in [4.69, 9.17) is 9.47 Å². The molecule has 8 nitrogen and oxygen atoms in total. The van der Waals surface area contributed by atoms with Gasteiger partial charge in [0.25, 0.3) is 5.91 Å². The number of H-pyrrole nitrogens is 2. The van der Waals surface area contributed by atoms with Crippen molar-refractivity contribution in [2.45, 2.75) is 6.42 Å². The normalized spacial score (nSPS) is 10.6. The van der Waals surface area contributed by atoms with E-state index in [9.17, 15) is 9.59 Å². The highest BCUT2D eigenvalue weighted by Gasteiger charge is 2.10. The smallest absolute Gasteiger partial charge is 0.325 e. The molecule has 25 heavy (non-hydrogen) atoms. The molecule has 0 saturated carbocycles. The van der Waals surface area contributed by atoms with Crippen LogP contribution in [0.3, 0.4) is 0 Å². The van der Waals surface area contributed by atoms with Gasteiger partial charge in [-0.2, -0.15) is 0 Å². The lowest BCUT2D eigenvalue weighted by molar-refractivity contribution is 0.0949. The summed E-state index contributed by atoms with van der Waals surface area (Å²) >= 11 is 0. The van der Waals surface area contributed by atoms with Crippen LogP contribution >= 0.6 is 0 Å². The summed E-state index contributed by atoms with van der Waals surface area (Å²) < 4.78 is 10.5.